The smallest absolute Gasteiger partial charge is 0.185 e. The molecule has 20 heavy (non-hydrogen) atoms. The zero-order chi connectivity index (χ0) is 14.4. The van der Waals surface area contributed by atoms with Crippen molar-refractivity contribution >= 4 is 27.8 Å². The second kappa shape index (κ2) is 7.06. The van der Waals surface area contributed by atoms with E-state index in [1.165, 1.54) is 0 Å². The zero-order valence-electron chi connectivity index (χ0n) is 11.2. The van der Waals surface area contributed by atoms with Gasteiger partial charge in [-0.3, -0.25) is 4.79 Å². The second-order valence-corrected chi connectivity index (χ2v) is 5.13. The molecule has 0 aliphatic heterocycles. The number of carbonyl (C=O) groups is 1. The van der Waals surface area contributed by atoms with Crippen LogP contribution in [0.25, 0.3) is 6.08 Å². The maximum Gasteiger partial charge on any atom is 0.185 e. The molecule has 0 aliphatic rings. The van der Waals surface area contributed by atoms with Gasteiger partial charge in [0.2, 0.25) is 0 Å². The predicted octanol–water partition coefficient (Wildman–Crippen LogP) is 4.74. The molecule has 0 saturated heterocycles. The fourth-order valence-corrected chi connectivity index (χ4v) is 2.02. The highest BCUT2D eigenvalue weighted by Gasteiger charge is 2.01. The van der Waals surface area contributed by atoms with E-state index in [2.05, 4.69) is 15.9 Å². The molecule has 0 saturated carbocycles. The Bertz CT molecular complexity index is 615. The molecule has 2 aromatic carbocycles. The zero-order valence-corrected chi connectivity index (χ0v) is 12.8. The molecule has 2 nitrogen and oxygen atoms in total. The standard InChI is InChI=1S/C17H15BrO2/c1-2-20-16-5-3-4-13(12-16)6-11-17(19)14-7-9-15(18)10-8-14/h3-12H,2H2,1H3/b11-6+. The SMILES string of the molecule is CCOc1cccc(/C=C/C(=O)c2ccc(Br)cc2)c1. The summed E-state index contributed by atoms with van der Waals surface area (Å²) in [6, 6.07) is 15.0. The van der Waals surface area contributed by atoms with Crippen molar-refractivity contribution in [2.75, 3.05) is 6.61 Å². The van der Waals surface area contributed by atoms with E-state index in [0.29, 0.717) is 12.2 Å². The number of halogens is 1. The number of carbonyl (C=O) groups excluding carboxylic acids is 1. The van der Waals surface area contributed by atoms with Crippen LogP contribution in [0.15, 0.2) is 59.1 Å². The second-order valence-electron chi connectivity index (χ2n) is 4.21. The van der Waals surface area contributed by atoms with Crippen LogP contribution in [0.5, 0.6) is 5.75 Å². The highest BCUT2D eigenvalue weighted by molar-refractivity contribution is 9.10. The van der Waals surface area contributed by atoms with Crippen LogP contribution < -0.4 is 4.74 Å². The van der Waals surface area contributed by atoms with Crippen molar-refractivity contribution in [2.24, 2.45) is 0 Å². The molecule has 0 bridgehead atoms. The Morgan fingerprint density at radius 2 is 1.95 bits per heavy atom. The van der Waals surface area contributed by atoms with Gasteiger partial charge in [-0.15, -0.1) is 0 Å². The van der Waals surface area contributed by atoms with Crippen molar-refractivity contribution in [3.63, 3.8) is 0 Å². The molecule has 3 heteroatoms. The first-order valence-electron chi connectivity index (χ1n) is 6.40. The van der Waals surface area contributed by atoms with Gasteiger partial charge in [-0.25, -0.2) is 0 Å². The van der Waals surface area contributed by atoms with E-state index in [-0.39, 0.29) is 5.78 Å². The van der Waals surface area contributed by atoms with E-state index in [4.69, 9.17) is 4.74 Å². The third-order valence-electron chi connectivity index (χ3n) is 2.72. The Morgan fingerprint density at radius 1 is 1.20 bits per heavy atom. The monoisotopic (exact) mass is 330 g/mol. The van der Waals surface area contributed by atoms with Crippen LogP contribution in [-0.2, 0) is 0 Å². The highest BCUT2D eigenvalue weighted by atomic mass is 79.9. The maximum atomic E-state index is 12.0. The minimum atomic E-state index is -0.0145. The minimum Gasteiger partial charge on any atom is -0.494 e. The Balaban J connectivity index is 2.10. The predicted molar refractivity (Wildman–Crippen MR) is 85.1 cm³/mol. The van der Waals surface area contributed by atoms with Crippen molar-refractivity contribution < 1.29 is 9.53 Å². The number of hydrogen-bond acceptors (Lipinski definition) is 2. The molecular formula is C17H15BrO2. The van der Waals surface area contributed by atoms with Crippen molar-refractivity contribution in [3.05, 3.63) is 70.2 Å². The van der Waals surface area contributed by atoms with Crippen LogP contribution in [0.4, 0.5) is 0 Å². The highest BCUT2D eigenvalue weighted by Crippen LogP contribution is 2.15. The van der Waals surface area contributed by atoms with Gasteiger partial charge in [-0.05, 0) is 55.0 Å². The largest absolute Gasteiger partial charge is 0.494 e. The van der Waals surface area contributed by atoms with E-state index >= 15 is 0 Å². The summed E-state index contributed by atoms with van der Waals surface area (Å²) in [5, 5.41) is 0. The van der Waals surface area contributed by atoms with E-state index in [1.807, 2.05) is 43.3 Å². The molecule has 0 unspecified atom stereocenters. The lowest BCUT2D eigenvalue weighted by atomic mass is 10.1. The lowest BCUT2D eigenvalue weighted by Gasteiger charge is -2.03. The summed E-state index contributed by atoms with van der Waals surface area (Å²) < 4.78 is 6.39. The van der Waals surface area contributed by atoms with E-state index in [1.54, 1.807) is 24.3 Å². The van der Waals surface area contributed by atoms with Gasteiger partial charge < -0.3 is 4.74 Å². The number of rotatable bonds is 5. The number of benzene rings is 2. The lowest BCUT2D eigenvalue weighted by molar-refractivity contribution is 0.104. The van der Waals surface area contributed by atoms with Gasteiger partial charge in [0.1, 0.15) is 5.75 Å². The summed E-state index contributed by atoms with van der Waals surface area (Å²) in [6.07, 6.45) is 3.38. The van der Waals surface area contributed by atoms with Gasteiger partial charge in [0.05, 0.1) is 6.61 Å². The fourth-order valence-electron chi connectivity index (χ4n) is 1.76. The fraction of sp³-hybridized carbons (Fsp3) is 0.118. The first-order chi connectivity index (χ1) is 9.69. The van der Waals surface area contributed by atoms with Crippen molar-refractivity contribution in [1.29, 1.82) is 0 Å². The third-order valence-corrected chi connectivity index (χ3v) is 3.25. The Morgan fingerprint density at radius 3 is 2.65 bits per heavy atom. The summed E-state index contributed by atoms with van der Waals surface area (Å²) >= 11 is 3.35. The van der Waals surface area contributed by atoms with Crippen LogP contribution in [0, 0.1) is 0 Å². The molecule has 0 radical (unpaired) electrons. The lowest BCUT2D eigenvalue weighted by Crippen LogP contribution is -1.93. The molecule has 0 aliphatic carbocycles. The molecule has 2 aromatic rings. The molecule has 102 valence electrons. The molecule has 2 rings (SSSR count). The van der Waals surface area contributed by atoms with Gasteiger partial charge in [-0.1, -0.05) is 34.1 Å². The van der Waals surface area contributed by atoms with Crippen LogP contribution >= 0.6 is 15.9 Å². The van der Waals surface area contributed by atoms with Crippen LogP contribution in [-0.4, -0.2) is 12.4 Å². The Labute approximate surface area is 127 Å². The van der Waals surface area contributed by atoms with Crippen molar-refractivity contribution in [2.45, 2.75) is 6.92 Å². The third kappa shape index (κ3) is 4.07. The molecule has 0 fully saturated rings. The summed E-state index contributed by atoms with van der Waals surface area (Å²) in [7, 11) is 0. The van der Waals surface area contributed by atoms with Gasteiger partial charge in [-0.2, -0.15) is 0 Å². The quantitative estimate of drug-likeness (QED) is 0.584. The normalized spacial score (nSPS) is 10.7. The number of ether oxygens (including phenoxy) is 1. The van der Waals surface area contributed by atoms with Crippen molar-refractivity contribution in [1.82, 2.24) is 0 Å². The van der Waals surface area contributed by atoms with E-state index < -0.39 is 0 Å². The van der Waals surface area contributed by atoms with Gasteiger partial charge in [0, 0.05) is 10.0 Å². The summed E-state index contributed by atoms with van der Waals surface area (Å²) in [5.41, 5.74) is 1.62. The number of hydrogen-bond donors (Lipinski definition) is 0. The Kier molecular flexibility index (Phi) is 5.13. The average molecular weight is 331 g/mol. The first kappa shape index (κ1) is 14.5. The number of ketones is 1. The molecular weight excluding hydrogens is 316 g/mol. The number of allylic oxidation sites excluding steroid dienone is 1. The maximum absolute atomic E-state index is 12.0. The van der Waals surface area contributed by atoms with E-state index in [9.17, 15) is 4.79 Å². The molecule has 0 spiro atoms. The molecule has 0 heterocycles. The summed E-state index contributed by atoms with van der Waals surface area (Å²) in [4.78, 5) is 12.0. The first-order valence-corrected chi connectivity index (χ1v) is 7.19. The minimum absolute atomic E-state index is 0.0145. The Hall–Kier alpha value is -1.87. The molecule has 0 amide bonds. The molecule has 0 aromatic heterocycles. The molecule has 0 atom stereocenters. The van der Waals surface area contributed by atoms with Crippen molar-refractivity contribution in [3.8, 4) is 5.75 Å². The van der Waals surface area contributed by atoms with Crippen LogP contribution in [0.1, 0.15) is 22.8 Å². The van der Waals surface area contributed by atoms with E-state index in [0.717, 1.165) is 15.8 Å². The topological polar surface area (TPSA) is 26.3 Å². The van der Waals surface area contributed by atoms with Crippen LogP contribution in [0.3, 0.4) is 0 Å². The summed E-state index contributed by atoms with van der Waals surface area (Å²) in [6.45, 7) is 2.57. The summed E-state index contributed by atoms with van der Waals surface area (Å²) in [5.74, 6) is 0.796. The van der Waals surface area contributed by atoms with Gasteiger partial charge in [0.15, 0.2) is 5.78 Å². The van der Waals surface area contributed by atoms with Crippen LogP contribution in [0.2, 0.25) is 0 Å². The molecule has 0 N–H and O–H groups in total. The van der Waals surface area contributed by atoms with Gasteiger partial charge in [0.25, 0.3) is 0 Å². The van der Waals surface area contributed by atoms with Gasteiger partial charge >= 0.3 is 0 Å². The average Bonchev–Trinajstić information content (AvgIpc) is 2.46.